The molecule has 0 saturated carbocycles. The third kappa shape index (κ3) is 2.68. The monoisotopic (exact) mass is 266 g/mol. The molecule has 2 N–H and O–H groups in total. The molecule has 3 aliphatic heterocycles. The van der Waals surface area contributed by atoms with Crippen LogP contribution in [0.1, 0.15) is 25.7 Å². The maximum absolute atomic E-state index is 12.1. The van der Waals surface area contributed by atoms with Crippen LogP contribution in [0.15, 0.2) is 0 Å². The average Bonchev–Trinajstić information content (AvgIpc) is 2.78. The van der Waals surface area contributed by atoms with E-state index >= 15 is 0 Å². The summed E-state index contributed by atoms with van der Waals surface area (Å²) in [5.74, 6) is 0.220. The Morgan fingerprint density at radius 3 is 2.58 bits per heavy atom. The first-order valence-electron chi connectivity index (χ1n) is 7.23. The molecule has 1 spiro atoms. The molecule has 0 atom stereocenters. The summed E-state index contributed by atoms with van der Waals surface area (Å²) >= 11 is 0. The highest BCUT2D eigenvalue weighted by Crippen LogP contribution is 2.23. The Labute approximate surface area is 113 Å². The molecule has 3 amide bonds. The second-order valence-corrected chi connectivity index (χ2v) is 5.99. The standard InChI is InChI=1S/C13H22N4O2/c18-11(4-7-16-5-2-1-3-6-16)17-9-13(10-17)8-14-12(19)15-13/h1-10H2,(H2,14,15,19). The van der Waals surface area contributed by atoms with Crippen molar-refractivity contribution in [1.82, 2.24) is 20.4 Å². The van der Waals surface area contributed by atoms with Gasteiger partial charge in [-0.1, -0.05) is 6.42 Å². The number of urea groups is 1. The van der Waals surface area contributed by atoms with E-state index in [0.29, 0.717) is 26.1 Å². The van der Waals surface area contributed by atoms with Crippen LogP contribution >= 0.6 is 0 Å². The van der Waals surface area contributed by atoms with E-state index in [1.54, 1.807) is 0 Å². The van der Waals surface area contributed by atoms with E-state index in [-0.39, 0.29) is 17.5 Å². The molecule has 6 heteroatoms. The smallest absolute Gasteiger partial charge is 0.315 e. The van der Waals surface area contributed by atoms with E-state index in [0.717, 1.165) is 19.6 Å². The molecule has 3 fully saturated rings. The summed E-state index contributed by atoms with van der Waals surface area (Å²) in [6.45, 7) is 5.11. The van der Waals surface area contributed by atoms with Gasteiger partial charge in [0.15, 0.2) is 0 Å². The third-order valence-corrected chi connectivity index (χ3v) is 4.40. The zero-order chi connectivity index (χ0) is 13.3. The van der Waals surface area contributed by atoms with Crippen molar-refractivity contribution in [2.45, 2.75) is 31.2 Å². The average molecular weight is 266 g/mol. The van der Waals surface area contributed by atoms with Gasteiger partial charge in [0.1, 0.15) is 0 Å². The summed E-state index contributed by atoms with van der Waals surface area (Å²) in [7, 11) is 0. The number of rotatable bonds is 3. The van der Waals surface area contributed by atoms with E-state index in [1.807, 2.05) is 4.90 Å². The Morgan fingerprint density at radius 1 is 1.21 bits per heavy atom. The van der Waals surface area contributed by atoms with Crippen molar-refractivity contribution >= 4 is 11.9 Å². The van der Waals surface area contributed by atoms with Crippen LogP contribution in [0.25, 0.3) is 0 Å². The van der Waals surface area contributed by atoms with Gasteiger partial charge in [0.2, 0.25) is 5.91 Å². The van der Waals surface area contributed by atoms with Gasteiger partial charge in [0.25, 0.3) is 0 Å². The number of nitrogens with one attached hydrogen (secondary N) is 2. The van der Waals surface area contributed by atoms with Crippen LogP contribution in [0.3, 0.4) is 0 Å². The number of piperidine rings is 1. The first kappa shape index (κ1) is 12.7. The summed E-state index contributed by atoms with van der Waals surface area (Å²) in [5, 5.41) is 5.66. The van der Waals surface area contributed by atoms with Gasteiger partial charge in [-0.3, -0.25) is 4.79 Å². The maximum atomic E-state index is 12.1. The summed E-state index contributed by atoms with van der Waals surface area (Å²) in [5.41, 5.74) is -0.183. The van der Waals surface area contributed by atoms with Crippen LogP contribution < -0.4 is 10.6 Å². The predicted molar refractivity (Wildman–Crippen MR) is 70.8 cm³/mol. The Bertz CT molecular complexity index is 373. The molecule has 3 saturated heterocycles. The Balaban J connectivity index is 1.39. The lowest BCUT2D eigenvalue weighted by atomic mass is 9.90. The van der Waals surface area contributed by atoms with Gasteiger partial charge in [0.05, 0.1) is 5.54 Å². The highest BCUT2D eigenvalue weighted by atomic mass is 16.2. The van der Waals surface area contributed by atoms with Gasteiger partial charge < -0.3 is 20.4 Å². The lowest BCUT2D eigenvalue weighted by molar-refractivity contribution is -0.139. The maximum Gasteiger partial charge on any atom is 0.315 e. The normalized spacial score (nSPS) is 25.9. The number of carbonyl (C=O) groups excluding carboxylic acids is 2. The molecule has 0 radical (unpaired) electrons. The minimum atomic E-state index is -0.183. The van der Waals surface area contributed by atoms with Crippen molar-refractivity contribution in [2.24, 2.45) is 0 Å². The van der Waals surface area contributed by atoms with Crippen molar-refractivity contribution in [3.05, 3.63) is 0 Å². The van der Waals surface area contributed by atoms with Gasteiger partial charge in [0, 0.05) is 32.6 Å². The lowest BCUT2D eigenvalue weighted by Gasteiger charge is -2.47. The molecular formula is C13H22N4O2. The zero-order valence-corrected chi connectivity index (χ0v) is 11.3. The highest BCUT2D eigenvalue weighted by Gasteiger charge is 2.49. The molecule has 106 valence electrons. The van der Waals surface area contributed by atoms with E-state index < -0.39 is 0 Å². The molecule has 3 aliphatic rings. The van der Waals surface area contributed by atoms with Gasteiger partial charge in [-0.15, -0.1) is 0 Å². The minimum Gasteiger partial charge on any atom is -0.338 e. The van der Waals surface area contributed by atoms with Gasteiger partial charge in [-0.05, 0) is 25.9 Å². The van der Waals surface area contributed by atoms with E-state index in [9.17, 15) is 9.59 Å². The molecule has 0 aromatic heterocycles. The summed E-state index contributed by atoms with van der Waals surface area (Å²) in [6, 6.07) is -0.111. The van der Waals surface area contributed by atoms with Crippen LogP contribution in [-0.2, 0) is 4.79 Å². The number of nitrogens with zero attached hydrogens (tertiary/aromatic N) is 2. The molecule has 3 rings (SSSR count). The molecule has 6 nitrogen and oxygen atoms in total. The third-order valence-electron chi connectivity index (χ3n) is 4.40. The summed E-state index contributed by atoms with van der Waals surface area (Å²) in [4.78, 5) is 27.4. The number of amides is 3. The first-order valence-corrected chi connectivity index (χ1v) is 7.23. The lowest BCUT2D eigenvalue weighted by Crippen LogP contribution is -2.70. The second kappa shape index (κ2) is 5.00. The Kier molecular flexibility index (Phi) is 3.35. The predicted octanol–water partition coefficient (Wildman–Crippen LogP) is -0.244. The molecular weight excluding hydrogens is 244 g/mol. The van der Waals surface area contributed by atoms with Crippen molar-refractivity contribution < 1.29 is 9.59 Å². The fourth-order valence-corrected chi connectivity index (χ4v) is 3.23. The van der Waals surface area contributed by atoms with Crippen LogP contribution in [0, 0.1) is 0 Å². The van der Waals surface area contributed by atoms with Crippen molar-refractivity contribution in [3.8, 4) is 0 Å². The number of carbonyl (C=O) groups is 2. The van der Waals surface area contributed by atoms with Crippen molar-refractivity contribution in [1.29, 1.82) is 0 Å². The molecule has 0 aromatic carbocycles. The van der Waals surface area contributed by atoms with Crippen LogP contribution in [0.5, 0.6) is 0 Å². The molecule has 0 aromatic rings. The van der Waals surface area contributed by atoms with E-state index in [2.05, 4.69) is 15.5 Å². The topological polar surface area (TPSA) is 64.7 Å². The fourth-order valence-electron chi connectivity index (χ4n) is 3.23. The molecule has 0 unspecified atom stereocenters. The van der Waals surface area contributed by atoms with Gasteiger partial charge in [-0.25, -0.2) is 4.79 Å². The summed E-state index contributed by atoms with van der Waals surface area (Å²) in [6.07, 6.45) is 4.46. The Hall–Kier alpha value is -1.30. The van der Waals surface area contributed by atoms with Crippen LogP contribution in [-0.4, -0.2) is 66.5 Å². The first-order chi connectivity index (χ1) is 9.17. The second-order valence-electron chi connectivity index (χ2n) is 5.99. The quantitative estimate of drug-likeness (QED) is 0.741. The molecule has 0 aliphatic carbocycles. The fraction of sp³-hybridized carbons (Fsp3) is 0.846. The van der Waals surface area contributed by atoms with Crippen molar-refractivity contribution in [3.63, 3.8) is 0 Å². The van der Waals surface area contributed by atoms with Crippen LogP contribution in [0.4, 0.5) is 4.79 Å². The number of hydrogen-bond donors (Lipinski definition) is 2. The molecule has 0 bridgehead atoms. The Morgan fingerprint density at radius 2 is 1.95 bits per heavy atom. The van der Waals surface area contributed by atoms with E-state index in [1.165, 1.54) is 19.3 Å². The summed E-state index contributed by atoms with van der Waals surface area (Å²) < 4.78 is 0. The van der Waals surface area contributed by atoms with Gasteiger partial charge in [-0.2, -0.15) is 0 Å². The largest absolute Gasteiger partial charge is 0.338 e. The van der Waals surface area contributed by atoms with Crippen molar-refractivity contribution in [2.75, 3.05) is 39.3 Å². The number of likely N-dealkylation sites (tertiary alicyclic amines) is 2. The molecule has 19 heavy (non-hydrogen) atoms. The highest BCUT2D eigenvalue weighted by molar-refractivity contribution is 5.81. The van der Waals surface area contributed by atoms with Gasteiger partial charge >= 0.3 is 6.03 Å². The van der Waals surface area contributed by atoms with Crippen LogP contribution in [0.2, 0.25) is 0 Å². The molecule has 3 heterocycles. The van der Waals surface area contributed by atoms with E-state index in [4.69, 9.17) is 0 Å². The zero-order valence-electron chi connectivity index (χ0n) is 11.3. The minimum absolute atomic E-state index is 0.111. The SMILES string of the molecule is O=C1NCC2(CN(C(=O)CCN3CCCCC3)C2)N1. The number of hydrogen-bond acceptors (Lipinski definition) is 3.